The lowest BCUT2D eigenvalue weighted by molar-refractivity contribution is -0.119. The van der Waals surface area contributed by atoms with Gasteiger partial charge in [-0.15, -0.1) is 0 Å². The van der Waals surface area contributed by atoms with Crippen LogP contribution in [0.15, 0.2) is 64.9 Å². The molecule has 2 heterocycles. The minimum atomic E-state index is -0.521. The van der Waals surface area contributed by atoms with Gasteiger partial charge in [0.1, 0.15) is 28.6 Å². The zero-order chi connectivity index (χ0) is 26.6. The first-order valence-electron chi connectivity index (χ1n) is 11.7. The second kappa shape index (κ2) is 10.7. The van der Waals surface area contributed by atoms with Gasteiger partial charge in [0.05, 0.1) is 33.6 Å². The first-order valence-corrected chi connectivity index (χ1v) is 11.7. The molecule has 1 aromatic heterocycles. The van der Waals surface area contributed by atoms with Crippen LogP contribution in [-0.2, 0) is 4.79 Å². The van der Waals surface area contributed by atoms with Gasteiger partial charge in [0.2, 0.25) is 0 Å². The fourth-order valence-corrected chi connectivity index (χ4v) is 4.17. The zero-order valence-corrected chi connectivity index (χ0v) is 21.4. The zero-order valence-electron chi connectivity index (χ0n) is 21.4. The van der Waals surface area contributed by atoms with Crippen molar-refractivity contribution >= 4 is 17.9 Å². The van der Waals surface area contributed by atoms with Gasteiger partial charge in [-0.2, -0.15) is 0 Å². The normalized spacial score (nSPS) is 16.1. The Balaban J connectivity index is 1.63. The fraction of sp³-hybridized carbons (Fsp3) is 0.286. The second-order valence-corrected chi connectivity index (χ2v) is 9.09. The molecule has 0 radical (unpaired) electrons. The number of methoxy groups -OCH3 is 3. The molecule has 2 amide bonds. The molecule has 1 unspecified atom stereocenters. The SMILES string of the molecule is COc1ccc2c(c1)C(NC(=O)/C(=C/c1ccco1)NC(=O)c1ccc(OC)c(OC)c1)CC(C)(C)O2. The molecule has 4 rings (SSSR count). The number of ether oxygens (including phenoxy) is 4. The molecule has 3 aromatic rings. The summed E-state index contributed by atoms with van der Waals surface area (Å²) in [6.07, 6.45) is 3.47. The lowest BCUT2D eigenvalue weighted by atomic mass is 9.89. The standard InChI is InChI=1S/C28H30N2O7/c1-28(2)16-22(20-14-18(33-3)9-11-23(20)37-28)30-27(32)21(15-19-7-6-12-36-19)29-26(31)17-8-10-24(34-4)25(13-17)35-5/h6-15,22H,16H2,1-5H3,(H,29,31)(H,30,32)/b21-15-. The molecule has 0 aliphatic carbocycles. The summed E-state index contributed by atoms with van der Waals surface area (Å²) in [5.74, 6) is 1.62. The fourth-order valence-electron chi connectivity index (χ4n) is 4.17. The summed E-state index contributed by atoms with van der Waals surface area (Å²) in [6, 6.07) is 13.2. The van der Waals surface area contributed by atoms with Gasteiger partial charge in [-0.25, -0.2) is 0 Å². The third-order valence-corrected chi connectivity index (χ3v) is 5.95. The number of hydrogen-bond acceptors (Lipinski definition) is 7. The van der Waals surface area contributed by atoms with Crippen molar-refractivity contribution < 1.29 is 33.0 Å². The van der Waals surface area contributed by atoms with Gasteiger partial charge in [-0.3, -0.25) is 9.59 Å². The molecule has 1 aliphatic rings. The van der Waals surface area contributed by atoms with Crippen LogP contribution in [0.25, 0.3) is 6.08 Å². The lowest BCUT2D eigenvalue weighted by Gasteiger charge is -2.38. The molecule has 1 aliphatic heterocycles. The van der Waals surface area contributed by atoms with Crippen molar-refractivity contribution in [1.82, 2.24) is 10.6 Å². The minimum Gasteiger partial charge on any atom is -0.497 e. The van der Waals surface area contributed by atoms with Crippen LogP contribution >= 0.6 is 0 Å². The van der Waals surface area contributed by atoms with E-state index in [2.05, 4.69) is 10.6 Å². The van der Waals surface area contributed by atoms with E-state index in [1.807, 2.05) is 32.0 Å². The van der Waals surface area contributed by atoms with E-state index in [4.69, 9.17) is 23.4 Å². The summed E-state index contributed by atoms with van der Waals surface area (Å²) >= 11 is 0. The van der Waals surface area contributed by atoms with Crippen LogP contribution in [-0.4, -0.2) is 38.7 Å². The molecule has 37 heavy (non-hydrogen) atoms. The number of nitrogens with one attached hydrogen (secondary N) is 2. The predicted octanol–water partition coefficient (Wildman–Crippen LogP) is 4.49. The first kappa shape index (κ1) is 25.7. The summed E-state index contributed by atoms with van der Waals surface area (Å²) in [5, 5.41) is 5.76. The third-order valence-electron chi connectivity index (χ3n) is 5.95. The van der Waals surface area contributed by atoms with Crippen molar-refractivity contribution in [3.8, 4) is 23.0 Å². The molecule has 2 aromatic carbocycles. The molecule has 2 N–H and O–H groups in total. The minimum absolute atomic E-state index is 0.0171. The molecule has 0 spiro atoms. The Morgan fingerprint density at radius 1 is 1.00 bits per heavy atom. The van der Waals surface area contributed by atoms with Crippen molar-refractivity contribution in [3.05, 3.63) is 77.4 Å². The Bertz CT molecular complexity index is 1310. The van der Waals surface area contributed by atoms with Crippen molar-refractivity contribution in [3.63, 3.8) is 0 Å². The van der Waals surface area contributed by atoms with Crippen LogP contribution < -0.4 is 29.6 Å². The first-order chi connectivity index (χ1) is 17.7. The van der Waals surface area contributed by atoms with Crippen molar-refractivity contribution in [1.29, 1.82) is 0 Å². The van der Waals surface area contributed by atoms with Crippen molar-refractivity contribution in [2.75, 3.05) is 21.3 Å². The number of carbonyl (C=O) groups excluding carboxylic acids is 2. The summed E-state index contributed by atoms with van der Waals surface area (Å²) in [4.78, 5) is 26.7. The molecule has 1 atom stereocenters. The molecule has 194 valence electrons. The average molecular weight is 507 g/mol. The van der Waals surface area contributed by atoms with Crippen molar-refractivity contribution in [2.24, 2.45) is 0 Å². The maximum absolute atomic E-state index is 13.6. The number of rotatable bonds is 8. The summed E-state index contributed by atoms with van der Waals surface area (Å²) in [7, 11) is 4.58. The Hall–Kier alpha value is -4.40. The second-order valence-electron chi connectivity index (χ2n) is 9.09. The predicted molar refractivity (Wildman–Crippen MR) is 137 cm³/mol. The molecule has 0 saturated carbocycles. The van der Waals surface area contributed by atoms with Crippen LogP contribution in [0.5, 0.6) is 23.0 Å². The Kier molecular flexibility index (Phi) is 7.42. The summed E-state index contributed by atoms with van der Waals surface area (Å²) in [5.41, 5.74) is 0.574. The molecule has 0 bridgehead atoms. The maximum Gasteiger partial charge on any atom is 0.268 e. The van der Waals surface area contributed by atoms with E-state index >= 15 is 0 Å². The Morgan fingerprint density at radius 3 is 2.46 bits per heavy atom. The van der Waals surface area contributed by atoms with E-state index in [1.54, 1.807) is 37.4 Å². The van der Waals surface area contributed by atoms with Gasteiger partial charge >= 0.3 is 0 Å². The van der Waals surface area contributed by atoms with E-state index in [-0.39, 0.29) is 17.3 Å². The average Bonchev–Trinajstić information content (AvgIpc) is 3.40. The van der Waals surface area contributed by atoms with Gasteiger partial charge in [0, 0.05) is 23.6 Å². The van der Waals surface area contributed by atoms with E-state index < -0.39 is 17.4 Å². The number of fused-ring (bicyclic) bond motifs is 1. The number of hydrogen-bond donors (Lipinski definition) is 2. The lowest BCUT2D eigenvalue weighted by Crippen LogP contribution is -2.43. The monoisotopic (exact) mass is 506 g/mol. The number of amides is 2. The number of benzene rings is 2. The highest BCUT2D eigenvalue weighted by Crippen LogP contribution is 2.41. The van der Waals surface area contributed by atoms with Crippen LogP contribution in [0.1, 0.15) is 48.0 Å². The van der Waals surface area contributed by atoms with E-state index in [0.29, 0.717) is 35.2 Å². The van der Waals surface area contributed by atoms with Crippen LogP contribution in [0, 0.1) is 0 Å². The molecule has 0 fully saturated rings. The van der Waals surface area contributed by atoms with E-state index in [9.17, 15) is 9.59 Å². The highest BCUT2D eigenvalue weighted by atomic mass is 16.5. The Morgan fingerprint density at radius 2 is 1.78 bits per heavy atom. The largest absolute Gasteiger partial charge is 0.497 e. The Labute approximate surface area is 215 Å². The quantitative estimate of drug-likeness (QED) is 0.433. The van der Waals surface area contributed by atoms with Crippen LogP contribution in [0.3, 0.4) is 0 Å². The van der Waals surface area contributed by atoms with E-state index in [0.717, 1.165) is 5.56 Å². The molecular weight excluding hydrogens is 476 g/mol. The van der Waals surface area contributed by atoms with E-state index in [1.165, 1.54) is 26.6 Å². The molecular formula is C28H30N2O7. The highest BCUT2D eigenvalue weighted by molar-refractivity contribution is 6.05. The van der Waals surface area contributed by atoms with Gasteiger partial charge in [-0.1, -0.05) is 0 Å². The number of furan rings is 1. The van der Waals surface area contributed by atoms with Crippen LogP contribution in [0.4, 0.5) is 0 Å². The molecule has 0 saturated heterocycles. The smallest absolute Gasteiger partial charge is 0.268 e. The van der Waals surface area contributed by atoms with Gasteiger partial charge in [0.25, 0.3) is 11.8 Å². The third kappa shape index (κ3) is 5.88. The number of carbonyl (C=O) groups is 2. The van der Waals surface area contributed by atoms with Gasteiger partial charge < -0.3 is 34.0 Å². The molecule has 9 nitrogen and oxygen atoms in total. The summed E-state index contributed by atoms with van der Waals surface area (Å²) < 4.78 is 27.4. The maximum atomic E-state index is 13.6. The van der Waals surface area contributed by atoms with Crippen LogP contribution in [0.2, 0.25) is 0 Å². The van der Waals surface area contributed by atoms with Crippen molar-refractivity contribution in [2.45, 2.75) is 31.9 Å². The topological polar surface area (TPSA) is 108 Å². The summed E-state index contributed by atoms with van der Waals surface area (Å²) in [6.45, 7) is 3.91. The van der Waals surface area contributed by atoms with Gasteiger partial charge in [-0.05, 0) is 62.4 Å². The highest BCUT2D eigenvalue weighted by Gasteiger charge is 2.35. The molecule has 9 heteroatoms. The van der Waals surface area contributed by atoms with Gasteiger partial charge in [0.15, 0.2) is 11.5 Å².